The van der Waals surface area contributed by atoms with Crippen LogP contribution >= 0.6 is 0 Å². The summed E-state index contributed by atoms with van der Waals surface area (Å²) in [5, 5.41) is 0. The van der Waals surface area contributed by atoms with Crippen LogP contribution in [0.3, 0.4) is 0 Å². The van der Waals surface area contributed by atoms with Crippen LogP contribution in [0.5, 0.6) is 0 Å². The van der Waals surface area contributed by atoms with E-state index in [0.29, 0.717) is 57.1 Å². The summed E-state index contributed by atoms with van der Waals surface area (Å²) in [5.74, 6) is -0.527. The third-order valence-electron chi connectivity index (χ3n) is 4.97. The van der Waals surface area contributed by atoms with Crippen LogP contribution in [-0.4, -0.2) is 82.4 Å². The molecule has 0 bridgehead atoms. The second-order valence-corrected chi connectivity index (χ2v) is 7.12. The SMILES string of the molecule is COCCCN1C(=O)C(c2ccc(C)cc2C)=C(N(CCOC)CCOC)C1=O. The zero-order chi connectivity index (χ0) is 21.4. The predicted molar refractivity (Wildman–Crippen MR) is 111 cm³/mol. The van der Waals surface area contributed by atoms with E-state index in [2.05, 4.69) is 0 Å². The number of amides is 2. The summed E-state index contributed by atoms with van der Waals surface area (Å²) < 4.78 is 15.5. The van der Waals surface area contributed by atoms with Gasteiger partial charge in [0.2, 0.25) is 0 Å². The molecule has 0 saturated carbocycles. The van der Waals surface area contributed by atoms with Gasteiger partial charge in [-0.1, -0.05) is 23.8 Å². The monoisotopic (exact) mass is 404 g/mol. The largest absolute Gasteiger partial charge is 0.385 e. The smallest absolute Gasteiger partial charge is 0.277 e. The number of rotatable bonds is 12. The Kier molecular flexibility index (Phi) is 8.82. The van der Waals surface area contributed by atoms with Gasteiger partial charge >= 0.3 is 0 Å². The average molecular weight is 405 g/mol. The van der Waals surface area contributed by atoms with Crippen molar-refractivity contribution in [2.45, 2.75) is 20.3 Å². The van der Waals surface area contributed by atoms with Crippen molar-refractivity contribution in [3.63, 3.8) is 0 Å². The minimum absolute atomic E-state index is 0.257. The van der Waals surface area contributed by atoms with Crippen molar-refractivity contribution < 1.29 is 23.8 Å². The van der Waals surface area contributed by atoms with Crippen molar-refractivity contribution in [1.29, 1.82) is 0 Å². The van der Waals surface area contributed by atoms with E-state index in [-0.39, 0.29) is 11.8 Å². The molecule has 0 N–H and O–H groups in total. The standard InChI is InChI=1S/C22H32N2O5/c1-16-7-8-18(17(2)15-16)19-20(23(10-13-28-4)11-14-29-5)22(26)24(21(19)25)9-6-12-27-3/h7-8,15H,6,9-14H2,1-5H3. The highest BCUT2D eigenvalue weighted by molar-refractivity contribution is 6.35. The quantitative estimate of drug-likeness (QED) is 0.392. The fraction of sp³-hybridized carbons (Fsp3) is 0.545. The highest BCUT2D eigenvalue weighted by atomic mass is 16.5. The molecule has 29 heavy (non-hydrogen) atoms. The second-order valence-electron chi connectivity index (χ2n) is 7.12. The molecule has 2 rings (SSSR count). The van der Waals surface area contributed by atoms with Gasteiger partial charge in [0.1, 0.15) is 5.70 Å². The van der Waals surface area contributed by atoms with Gasteiger partial charge in [-0.15, -0.1) is 0 Å². The Bertz CT molecular complexity index is 752. The molecule has 2 amide bonds. The highest BCUT2D eigenvalue weighted by Crippen LogP contribution is 2.33. The van der Waals surface area contributed by atoms with Gasteiger partial charge in [-0.3, -0.25) is 14.5 Å². The van der Waals surface area contributed by atoms with E-state index in [1.54, 1.807) is 21.3 Å². The van der Waals surface area contributed by atoms with Crippen molar-refractivity contribution in [2.75, 3.05) is 60.8 Å². The first-order valence-electron chi connectivity index (χ1n) is 9.86. The topological polar surface area (TPSA) is 68.3 Å². The number of carbonyl (C=O) groups is 2. The molecule has 7 nitrogen and oxygen atoms in total. The van der Waals surface area contributed by atoms with E-state index in [9.17, 15) is 9.59 Å². The molecule has 0 unspecified atom stereocenters. The number of benzene rings is 1. The third kappa shape index (κ3) is 5.44. The molecule has 1 aromatic carbocycles. The van der Waals surface area contributed by atoms with Crippen LogP contribution in [0.4, 0.5) is 0 Å². The first-order valence-corrected chi connectivity index (χ1v) is 9.86. The van der Waals surface area contributed by atoms with Crippen LogP contribution in [0.25, 0.3) is 5.57 Å². The lowest BCUT2D eigenvalue weighted by Crippen LogP contribution is -2.38. The van der Waals surface area contributed by atoms with Crippen LogP contribution in [-0.2, 0) is 23.8 Å². The summed E-state index contributed by atoms with van der Waals surface area (Å²) in [6.45, 7) is 6.66. The fourth-order valence-electron chi connectivity index (χ4n) is 3.50. The lowest BCUT2D eigenvalue weighted by molar-refractivity contribution is -0.137. The minimum atomic E-state index is -0.270. The van der Waals surface area contributed by atoms with E-state index in [1.807, 2.05) is 36.9 Å². The van der Waals surface area contributed by atoms with E-state index >= 15 is 0 Å². The van der Waals surface area contributed by atoms with Gasteiger partial charge in [0, 0.05) is 47.6 Å². The van der Waals surface area contributed by atoms with Crippen molar-refractivity contribution in [1.82, 2.24) is 9.80 Å². The molecule has 0 aromatic heterocycles. The first-order chi connectivity index (χ1) is 14.0. The van der Waals surface area contributed by atoms with Gasteiger partial charge in [-0.25, -0.2) is 0 Å². The molecule has 0 radical (unpaired) electrons. The maximum Gasteiger partial charge on any atom is 0.277 e. The Hall–Kier alpha value is -2.22. The average Bonchev–Trinajstić information content (AvgIpc) is 2.93. The van der Waals surface area contributed by atoms with Crippen molar-refractivity contribution in [2.24, 2.45) is 0 Å². The molecule has 0 spiro atoms. The van der Waals surface area contributed by atoms with E-state index in [0.717, 1.165) is 16.7 Å². The Morgan fingerprint density at radius 1 is 0.897 bits per heavy atom. The normalized spacial score (nSPS) is 14.3. The van der Waals surface area contributed by atoms with E-state index < -0.39 is 0 Å². The summed E-state index contributed by atoms with van der Waals surface area (Å²) in [6.07, 6.45) is 0.595. The number of hydrogen-bond donors (Lipinski definition) is 0. The molecule has 0 atom stereocenters. The lowest BCUT2D eigenvalue weighted by atomic mass is 9.97. The van der Waals surface area contributed by atoms with Crippen molar-refractivity contribution in [3.05, 3.63) is 40.6 Å². The van der Waals surface area contributed by atoms with Crippen LogP contribution in [0.15, 0.2) is 23.9 Å². The van der Waals surface area contributed by atoms with Gasteiger partial charge < -0.3 is 19.1 Å². The minimum Gasteiger partial charge on any atom is -0.385 e. The molecular formula is C22H32N2O5. The van der Waals surface area contributed by atoms with E-state index in [1.165, 1.54) is 4.90 Å². The van der Waals surface area contributed by atoms with Crippen LogP contribution < -0.4 is 0 Å². The number of nitrogens with zero attached hydrogens (tertiary/aromatic N) is 2. The lowest BCUT2D eigenvalue weighted by Gasteiger charge is -2.25. The Labute approximate surface area is 173 Å². The van der Waals surface area contributed by atoms with E-state index in [4.69, 9.17) is 14.2 Å². The van der Waals surface area contributed by atoms with Crippen LogP contribution in [0.2, 0.25) is 0 Å². The number of methoxy groups -OCH3 is 3. The summed E-state index contributed by atoms with van der Waals surface area (Å²) in [4.78, 5) is 29.9. The third-order valence-corrected chi connectivity index (χ3v) is 4.97. The van der Waals surface area contributed by atoms with Gasteiger partial charge in [0.25, 0.3) is 11.8 Å². The summed E-state index contributed by atoms with van der Waals surface area (Å²) in [5.41, 5.74) is 3.75. The zero-order valence-corrected chi connectivity index (χ0v) is 18.1. The summed E-state index contributed by atoms with van der Waals surface area (Å²) in [6, 6.07) is 5.92. The van der Waals surface area contributed by atoms with Crippen molar-refractivity contribution in [3.8, 4) is 0 Å². The molecule has 1 aliphatic rings. The summed E-state index contributed by atoms with van der Waals surface area (Å²) >= 11 is 0. The number of hydrogen-bond acceptors (Lipinski definition) is 6. The molecule has 0 fully saturated rings. The molecule has 1 aliphatic heterocycles. The predicted octanol–water partition coefficient (Wildman–Crippen LogP) is 2.01. The van der Waals surface area contributed by atoms with Gasteiger partial charge in [0.15, 0.2) is 0 Å². The summed E-state index contributed by atoms with van der Waals surface area (Å²) in [7, 11) is 4.84. The Morgan fingerprint density at radius 3 is 2.07 bits per heavy atom. The fourth-order valence-corrected chi connectivity index (χ4v) is 3.50. The maximum absolute atomic E-state index is 13.3. The Morgan fingerprint density at radius 2 is 1.52 bits per heavy atom. The van der Waals surface area contributed by atoms with Gasteiger partial charge in [-0.2, -0.15) is 0 Å². The van der Waals surface area contributed by atoms with Gasteiger partial charge in [0.05, 0.1) is 18.8 Å². The Balaban J connectivity index is 2.52. The van der Waals surface area contributed by atoms with Crippen LogP contribution in [0, 0.1) is 13.8 Å². The second kappa shape index (κ2) is 11.1. The maximum atomic E-state index is 13.3. The number of aryl methyl sites for hydroxylation is 2. The molecule has 7 heteroatoms. The van der Waals surface area contributed by atoms with Crippen molar-refractivity contribution >= 4 is 17.4 Å². The molecule has 1 aromatic rings. The van der Waals surface area contributed by atoms with Gasteiger partial charge in [-0.05, 0) is 31.4 Å². The molecule has 0 saturated heterocycles. The number of carbonyl (C=O) groups excluding carboxylic acids is 2. The zero-order valence-electron chi connectivity index (χ0n) is 18.1. The molecular weight excluding hydrogens is 372 g/mol. The van der Waals surface area contributed by atoms with Crippen LogP contribution in [0.1, 0.15) is 23.1 Å². The highest BCUT2D eigenvalue weighted by Gasteiger charge is 2.41. The number of imide groups is 1. The first kappa shape index (κ1) is 23.1. The number of ether oxygens (including phenoxy) is 3. The molecule has 0 aliphatic carbocycles. The molecule has 1 heterocycles. The molecule has 160 valence electrons.